The van der Waals surface area contributed by atoms with E-state index in [2.05, 4.69) is 9.31 Å². The molecule has 55 valence electrons. The van der Waals surface area contributed by atoms with Crippen molar-refractivity contribution in [3.63, 3.8) is 0 Å². The van der Waals surface area contributed by atoms with Gasteiger partial charge in [-0.2, -0.15) is 0 Å². The van der Waals surface area contributed by atoms with Crippen LogP contribution in [0.4, 0.5) is 0 Å². The van der Waals surface area contributed by atoms with Gasteiger partial charge in [-0.05, 0) is 6.92 Å². The highest BCUT2D eigenvalue weighted by Gasteiger charge is 2.06. The Morgan fingerprint density at radius 3 is 2.50 bits per heavy atom. The van der Waals surface area contributed by atoms with Gasteiger partial charge in [-0.1, -0.05) is 0 Å². The molecule has 0 aliphatic heterocycles. The van der Waals surface area contributed by atoms with Gasteiger partial charge in [0.05, 0.1) is 0 Å². The van der Waals surface area contributed by atoms with E-state index >= 15 is 0 Å². The van der Waals surface area contributed by atoms with Gasteiger partial charge >= 0.3 is 7.69 Å². The van der Waals surface area contributed by atoms with Gasteiger partial charge in [-0.25, -0.2) is 0 Å². The Morgan fingerprint density at radius 1 is 1.50 bits per heavy atom. The van der Waals surface area contributed by atoms with Crippen LogP contribution in [0, 0.1) is 0 Å². The van der Waals surface area contributed by atoms with Gasteiger partial charge in [0.2, 0.25) is 0 Å². The molecular formula is C5H8BO4. The third-order valence-electron chi connectivity index (χ3n) is 0.669. The molecule has 0 spiro atoms. The topological polar surface area (TPSA) is 52.6 Å². The third-order valence-corrected chi connectivity index (χ3v) is 0.669. The first kappa shape index (κ1) is 9.16. The highest BCUT2D eigenvalue weighted by Crippen LogP contribution is 1.85. The number of carbonyl (C=O) groups is 2. The molecule has 1 radical (unpaired) electrons. The highest BCUT2D eigenvalue weighted by atomic mass is 16.6. The third kappa shape index (κ3) is 5.30. The van der Waals surface area contributed by atoms with Crippen molar-refractivity contribution in [3.05, 3.63) is 0 Å². The van der Waals surface area contributed by atoms with E-state index in [-0.39, 0.29) is 12.2 Å². The van der Waals surface area contributed by atoms with Crippen molar-refractivity contribution < 1.29 is 18.9 Å². The zero-order valence-corrected chi connectivity index (χ0v) is 5.92. The molecule has 0 rings (SSSR count). The molecule has 0 aliphatic rings. The largest absolute Gasteiger partial charge is 0.574 e. The molecule has 0 saturated heterocycles. The summed E-state index contributed by atoms with van der Waals surface area (Å²) in [6.45, 7) is 1.31. The molecule has 0 N–H and O–H groups in total. The van der Waals surface area contributed by atoms with Crippen LogP contribution < -0.4 is 0 Å². The maximum absolute atomic E-state index is 10.5. The summed E-state index contributed by atoms with van der Waals surface area (Å²) in [6, 6.07) is 0. The van der Waals surface area contributed by atoms with Crippen LogP contribution in [-0.2, 0) is 18.9 Å². The molecular weight excluding hydrogens is 135 g/mol. The molecule has 4 nitrogen and oxygen atoms in total. The van der Waals surface area contributed by atoms with Crippen LogP contribution in [-0.4, -0.2) is 26.5 Å². The molecule has 0 aromatic rings. The SMILES string of the molecule is CO[B]OC(=O)CC(C)=O. The minimum absolute atomic E-state index is 0.208. The van der Waals surface area contributed by atoms with Crippen molar-refractivity contribution in [1.82, 2.24) is 0 Å². The lowest BCUT2D eigenvalue weighted by Crippen LogP contribution is -2.12. The van der Waals surface area contributed by atoms with Crippen LogP contribution in [0.5, 0.6) is 0 Å². The van der Waals surface area contributed by atoms with Gasteiger partial charge in [0.25, 0.3) is 5.97 Å². The standard InChI is InChI=1S/C5H8BO4/c1-4(7)3-5(8)10-6-9-2/h3H2,1-2H3. The second kappa shape index (κ2) is 4.99. The average molecular weight is 143 g/mol. The van der Waals surface area contributed by atoms with E-state index in [1.165, 1.54) is 14.0 Å². The van der Waals surface area contributed by atoms with E-state index in [1.807, 2.05) is 0 Å². The smallest absolute Gasteiger partial charge is 0.510 e. The second-order valence-electron chi connectivity index (χ2n) is 1.70. The van der Waals surface area contributed by atoms with Crippen LogP contribution in [0.15, 0.2) is 0 Å². The van der Waals surface area contributed by atoms with Gasteiger partial charge in [-0.3, -0.25) is 9.59 Å². The molecule has 0 bridgehead atoms. The summed E-state index contributed by atoms with van der Waals surface area (Å²) in [6.07, 6.45) is -0.208. The lowest BCUT2D eigenvalue weighted by Gasteiger charge is -1.97. The van der Waals surface area contributed by atoms with Crippen LogP contribution in [0.2, 0.25) is 0 Å². The number of hydrogen-bond acceptors (Lipinski definition) is 4. The molecule has 0 amide bonds. The minimum Gasteiger partial charge on any atom is -0.510 e. The molecule has 0 aromatic heterocycles. The second-order valence-corrected chi connectivity index (χ2v) is 1.70. The number of hydrogen-bond donors (Lipinski definition) is 0. The normalized spacial score (nSPS) is 8.60. The van der Waals surface area contributed by atoms with Crippen molar-refractivity contribution in [2.45, 2.75) is 13.3 Å². The molecule has 0 unspecified atom stereocenters. The highest BCUT2D eigenvalue weighted by molar-refractivity contribution is 6.23. The van der Waals surface area contributed by atoms with Crippen molar-refractivity contribution >= 4 is 19.4 Å². The zero-order chi connectivity index (χ0) is 7.98. The number of ketones is 1. The Hall–Kier alpha value is -0.835. The average Bonchev–Trinajstić information content (AvgIpc) is 1.82. The Kier molecular flexibility index (Phi) is 4.57. The van der Waals surface area contributed by atoms with E-state index < -0.39 is 5.97 Å². The number of Topliss-reactive ketones (excluding diaryl/α,β-unsaturated/α-hetero) is 1. The van der Waals surface area contributed by atoms with Gasteiger partial charge in [0.15, 0.2) is 0 Å². The summed E-state index contributed by atoms with van der Waals surface area (Å²) in [7, 11) is 2.23. The molecule has 0 fully saturated rings. The summed E-state index contributed by atoms with van der Waals surface area (Å²) in [4.78, 5) is 20.7. The molecule has 0 aliphatic carbocycles. The predicted octanol–water partition coefficient (Wildman–Crippen LogP) is -0.311. The van der Waals surface area contributed by atoms with E-state index in [1.54, 1.807) is 0 Å². The fraction of sp³-hybridized carbons (Fsp3) is 0.600. The lowest BCUT2D eigenvalue weighted by atomic mass is 10.3. The summed E-state index contributed by atoms with van der Waals surface area (Å²) in [5.41, 5.74) is 0. The van der Waals surface area contributed by atoms with Gasteiger partial charge in [0, 0.05) is 7.11 Å². The van der Waals surface area contributed by atoms with Crippen LogP contribution in [0.1, 0.15) is 13.3 Å². The first-order chi connectivity index (χ1) is 4.66. The Balaban J connectivity index is 3.35. The molecule has 10 heavy (non-hydrogen) atoms. The Bertz CT molecular complexity index is 134. The van der Waals surface area contributed by atoms with Gasteiger partial charge < -0.3 is 9.31 Å². The lowest BCUT2D eigenvalue weighted by molar-refractivity contribution is -0.138. The van der Waals surface area contributed by atoms with Crippen LogP contribution in [0.25, 0.3) is 0 Å². The summed E-state index contributed by atoms with van der Waals surface area (Å²) in [5, 5.41) is 0. The maximum Gasteiger partial charge on any atom is 0.574 e. The Morgan fingerprint density at radius 2 is 2.10 bits per heavy atom. The molecule has 0 heterocycles. The number of rotatable bonds is 4. The van der Waals surface area contributed by atoms with Crippen molar-refractivity contribution in [2.24, 2.45) is 0 Å². The predicted molar refractivity (Wildman–Crippen MR) is 34.2 cm³/mol. The monoisotopic (exact) mass is 143 g/mol. The fourth-order valence-corrected chi connectivity index (χ4v) is 0.347. The van der Waals surface area contributed by atoms with Crippen molar-refractivity contribution in [1.29, 1.82) is 0 Å². The molecule has 0 aromatic carbocycles. The summed E-state index contributed by atoms with van der Waals surface area (Å²) in [5.74, 6) is -0.830. The van der Waals surface area contributed by atoms with Gasteiger partial charge in [-0.15, -0.1) is 0 Å². The first-order valence-corrected chi connectivity index (χ1v) is 2.70. The van der Waals surface area contributed by atoms with E-state index in [0.717, 1.165) is 7.69 Å². The van der Waals surface area contributed by atoms with Crippen LogP contribution in [0.3, 0.4) is 0 Å². The summed E-state index contributed by atoms with van der Waals surface area (Å²) >= 11 is 0. The van der Waals surface area contributed by atoms with Crippen molar-refractivity contribution in [2.75, 3.05) is 7.11 Å². The van der Waals surface area contributed by atoms with Crippen molar-refractivity contribution in [3.8, 4) is 0 Å². The first-order valence-electron chi connectivity index (χ1n) is 2.70. The minimum atomic E-state index is -0.602. The van der Waals surface area contributed by atoms with Crippen LogP contribution >= 0.6 is 0 Å². The fourth-order valence-electron chi connectivity index (χ4n) is 0.347. The quantitative estimate of drug-likeness (QED) is 0.400. The number of carbonyl (C=O) groups excluding carboxylic acids is 2. The molecule has 5 heteroatoms. The Labute approximate surface area is 59.8 Å². The van der Waals surface area contributed by atoms with E-state index in [4.69, 9.17) is 0 Å². The molecule has 0 saturated carbocycles. The van der Waals surface area contributed by atoms with E-state index in [9.17, 15) is 9.59 Å². The maximum atomic E-state index is 10.5. The summed E-state index contributed by atoms with van der Waals surface area (Å²) < 4.78 is 8.61. The molecule has 0 atom stereocenters. The zero-order valence-electron chi connectivity index (χ0n) is 5.92. The van der Waals surface area contributed by atoms with Gasteiger partial charge in [0.1, 0.15) is 12.2 Å². The van der Waals surface area contributed by atoms with E-state index in [0.29, 0.717) is 0 Å².